The molecule has 1 aromatic carbocycles. The Morgan fingerprint density at radius 3 is 2.67 bits per heavy atom. The summed E-state index contributed by atoms with van der Waals surface area (Å²) in [4.78, 5) is 32.2. The third kappa shape index (κ3) is 3.99. The highest BCUT2D eigenvalue weighted by molar-refractivity contribution is 6.01. The predicted molar refractivity (Wildman–Crippen MR) is 117 cm³/mol. The van der Waals surface area contributed by atoms with Crippen LogP contribution in [-0.2, 0) is 11.3 Å². The third-order valence-electron chi connectivity index (χ3n) is 6.11. The molecule has 160 valence electrons. The molecular weight excluding hydrogens is 380 g/mol. The number of carbonyl (C=O) groups excluding carboxylic acids is 1. The van der Waals surface area contributed by atoms with Crippen LogP contribution in [0.15, 0.2) is 39.8 Å². The summed E-state index contributed by atoms with van der Waals surface area (Å²) < 4.78 is 6.99. The second-order valence-electron chi connectivity index (χ2n) is 9.39. The van der Waals surface area contributed by atoms with Gasteiger partial charge in [0, 0.05) is 30.6 Å². The van der Waals surface area contributed by atoms with Gasteiger partial charge in [-0.25, -0.2) is 4.98 Å². The van der Waals surface area contributed by atoms with Crippen molar-refractivity contribution in [1.29, 1.82) is 0 Å². The van der Waals surface area contributed by atoms with Gasteiger partial charge in [0.25, 0.3) is 5.56 Å². The van der Waals surface area contributed by atoms with Crippen LogP contribution in [0.25, 0.3) is 22.1 Å². The summed E-state index contributed by atoms with van der Waals surface area (Å²) >= 11 is 0. The molecule has 2 atom stereocenters. The SMILES string of the molecule is CC1CC(C)CN(C(C)(C)CNC(=O)Cn2cnc3c(oc4ccccc43)c2=O)C1. The van der Waals surface area contributed by atoms with Gasteiger partial charge in [0.15, 0.2) is 0 Å². The molecule has 7 nitrogen and oxygen atoms in total. The highest BCUT2D eigenvalue weighted by Crippen LogP contribution is 2.27. The largest absolute Gasteiger partial charge is 0.448 e. The molecule has 7 heteroatoms. The molecule has 3 heterocycles. The van der Waals surface area contributed by atoms with Gasteiger partial charge >= 0.3 is 0 Å². The minimum atomic E-state index is -0.343. The number of para-hydroxylation sites is 1. The number of rotatable bonds is 5. The molecule has 0 radical (unpaired) electrons. The lowest BCUT2D eigenvalue weighted by Crippen LogP contribution is -2.56. The molecule has 2 aromatic heterocycles. The molecule has 1 saturated heterocycles. The van der Waals surface area contributed by atoms with Crippen LogP contribution in [-0.4, -0.2) is 45.5 Å². The Bertz CT molecular complexity index is 1120. The number of fused-ring (bicyclic) bond motifs is 3. The lowest BCUT2D eigenvalue weighted by molar-refractivity contribution is -0.122. The van der Waals surface area contributed by atoms with Gasteiger partial charge in [-0.15, -0.1) is 0 Å². The maximum Gasteiger partial charge on any atom is 0.297 e. The number of carbonyl (C=O) groups is 1. The smallest absolute Gasteiger partial charge is 0.297 e. The van der Waals surface area contributed by atoms with E-state index in [1.807, 2.05) is 18.2 Å². The zero-order valence-electron chi connectivity index (χ0n) is 18.1. The molecule has 0 spiro atoms. The molecule has 3 aromatic rings. The quantitative estimate of drug-likeness (QED) is 0.699. The standard InChI is InChI=1S/C23H30N4O3/c1-15-9-16(2)11-27(10-15)23(3,4)13-24-19(28)12-26-14-25-20-17-7-5-6-8-18(17)30-21(20)22(26)29/h5-8,14-16H,9-13H2,1-4H3,(H,24,28). The molecule has 1 aliphatic rings. The normalized spacial score (nSPS) is 20.7. The van der Waals surface area contributed by atoms with E-state index in [0.717, 1.165) is 18.5 Å². The minimum Gasteiger partial charge on any atom is -0.448 e. The van der Waals surface area contributed by atoms with Crippen molar-refractivity contribution in [2.45, 2.75) is 46.2 Å². The summed E-state index contributed by atoms with van der Waals surface area (Å²) in [6, 6.07) is 7.40. The Morgan fingerprint density at radius 1 is 1.23 bits per heavy atom. The van der Waals surface area contributed by atoms with E-state index in [-0.39, 0.29) is 29.1 Å². The lowest BCUT2D eigenvalue weighted by atomic mass is 9.88. The van der Waals surface area contributed by atoms with Crippen molar-refractivity contribution in [3.8, 4) is 0 Å². The fraction of sp³-hybridized carbons (Fsp3) is 0.522. The van der Waals surface area contributed by atoms with E-state index >= 15 is 0 Å². The average molecular weight is 411 g/mol. The van der Waals surface area contributed by atoms with Crippen LogP contribution in [0.4, 0.5) is 0 Å². The van der Waals surface area contributed by atoms with E-state index in [1.165, 1.54) is 17.3 Å². The first kappa shape index (κ1) is 20.6. The van der Waals surface area contributed by atoms with Gasteiger partial charge in [-0.3, -0.25) is 19.1 Å². The number of aromatic nitrogens is 2. The number of hydrogen-bond donors (Lipinski definition) is 1. The maximum absolute atomic E-state index is 12.8. The van der Waals surface area contributed by atoms with Gasteiger partial charge in [-0.1, -0.05) is 26.0 Å². The van der Waals surface area contributed by atoms with Crippen LogP contribution in [0, 0.1) is 11.8 Å². The van der Waals surface area contributed by atoms with Gasteiger partial charge in [-0.2, -0.15) is 0 Å². The van der Waals surface area contributed by atoms with E-state index in [4.69, 9.17) is 4.42 Å². The monoisotopic (exact) mass is 410 g/mol. The van der Waals surface area contributed by atoms with Crippen LogP contribution >= 0.6 is 0 Å². The Balaban J connectivity index is 1.45. The van der Waals surface area contributed by atoms with Gasteiger partial charge < -0.3 is 9.73 Å². The van der Waals surface area contributed by atoms with Crippen LogP contribution < -0.4 is 10.9 Å². The summed E-state index contributed by atoms with van der Waals surface area (Å²) in [5, 5.41) is 3.80. The molecule has 1 fully saturated rings. The number of nitrogens with one attached hydrogen (secondary N) is 1. The van der Waals surface area contributed by atoms with E-state index in [1.54, 1.807) is 6.07 Å². The number of hydrogen-bond acceptors (Lipinski definition) is 5. The molecule has 0 aliphatic carbocycles. The number of nitrogens with zero attached hydrogens (tertiary/aromatic N) is 3. The predicted octanol–water partition coefficient (Wildman–Crippen LogP) is 3.02. The van der Waals surface area contributed by atoms with Crippen molar-refractivity contribution >= 4 is 28.0 Å². The molecule has 30 heavy (non-hydrogen) atoms. The second kappa shape index (κ2) is 7.87. The maximum atomic E-state index is 12.8. The molecule has 4 rings (SSSR count). The zero-order valence-corrected chi connectivity index (χ0v) is 18.1. The van der Waals surface area contributed by atoms with Gasteiger partial charge in [0.05, 0.1) is 6.33 Å². The Hall–Kier alpha value is -2.67. The molecule has 1 N–H and O–H groups in total. The lowest BCUT2D eigenvalue weighted by Gasteiger charge is -2.45. The van der Waals surface area contributed by atoms with Crippen LogP contribution in [0.2, 0.25) is 0 Å². The fourth-order valence-electron chi connectivity index (χ4n) is 4.52. The first-order chi connectivity index (χ1) is 14.2. The number of piperidine rings is 1. The number of furan rings is 1. The van der Waals surface area contributed by atoms with Crippen LogP contribution in [0.5, 0.6) is 0 Å². The van der Waals surface area contributed by atoms with Crippen molar-refractivity contribution in [1.82, 2.24) is 19.8 Å². The molecule has 2 unspecified atom stereocenters. The van der Waals surface area contributed by atoms with Crippen molar-refractivity contribution in [2.75, 3.05) is 19.6 Å². The van der Waals surface area contributed by atoms with Crippen molar-refractivity contribution in [3.05, 3.63) is 40.9 Å². The third-order valence-corrected chi connectivity index (χ3v) is 6.11. The van der Waals surface area contributed by atoms with E-state index in [0.29, 0.717) is 29.5 Å². The molecule has 1 aliphatic heterocycles. The Labute approximate surface area is 176 Å². The summed E-state index contributed by atoms with van der Waals surface area (Å²) in [6.07, 6.45) is 2.67. The highest BCUT2D eigenvalue weighted by atomic mass is 16.3. The highest BCUT2D eigenvalue weighted by Gasteiger charge is 2.32. The average Bonchev–Trinajstić information content (AvgIpc) is 3.07. The Morgan fingerprint density at radius 2 is 1.93 bits per heavy atom. The van der Waals surface area contributed by atoms with E-state index < -0.39 is 0 Å². The van der Waals surface area contributed by atoms with Crippen LogP contribution in [0.3, 0.4) is 0 Å². The van der Waals surface area contributed by atoms with Gasteiger partial charge in [0.1, 0.15) is 17.6 Å². The first-order valence-electron chi connectivity index (χ1n) is 10.6. The minimum absolute atomic E-state index is 0.0816. The summed E-state index contributed by atoms with van der Waals surface area (Å²) in [7, 11) is 0. The summed E-state index contributed by atoms with van der Waals surface area (Å²) in [6.45, 7) is 11.4. The Kier molecular flexibility index (Phi) is 5.40. The second-order valence-corrected chi connectivity index (χ2v) is 9.39. The zero-order chi connectivity index (χ0) is 21.5. The first-order valence-corrected chi connectivity index (χ1v) is 10.6. The molecular formula is C23H30N4O3. The molecule has 1 amide bonds. The topological polar surface area (TPSA) is 80.4 Å². The number of benzene rings is 1. The van der Waals surface area contributed by atoms with Gasteiger partial charge in [0.2, 0.25) is 11.5 Å². The van der Waals surface area contributed by atoms with Crippen molar-refractivity contribution in [3.63, 3.8) is 0 Å². The van der Waals surface area contributed by atoms with E-state index in [2.05, 4.69) is 42.9 Å². The number of amides is 1. The van der Waals surface area contributed by atoms with E-state index in [9.17, 15) is 9.59 Å². The molecule has 0 saturated carbocycles. The summed E-state index contributed by atoms with van der Waals surface area (Å²) in [5.41, 5.74) is 0.838. The van der Waals surface area contributed by atoms with Crippen molar-refractivity contribution in [2.24, 2.45) is 11.8 Å². The van der Waals surface area contributed by atoms with Crippen LogP contribution in [0.1, 0.15) is 34.1 Å². The fourth-order valence-corrected chi connectivity index (χ4v) is 4.52. The van der Waals surface area contributed by atoms with Crippen molar-refractivity contribution < 1.29 is 9.21 Å². The molecule has 0 bridgehead atoms. The summed E-state index contributed by atoms with van der Waals surface area (Å²) in [5.74, 6) is 1.10. The van der Waals surface area contributed by atoms with Gasteiger partial charge in [-0.05, 0) is 44.2 Å². The number of likely N-dealkylation sites (tertiary alicyclic amines) is 1.